The van der Waals surface area contributed by atoms with Crippen molar-refractivity contribution in [3.8, 4) is 0 Å². The lowest BCUT2D eigenvalue weighted by molar-refractivity contribution is -0.118. The van der Waals surface area contributed by atoms with Crippen molar-refractivity contribution >= 4 is 49.4 Å². The number of rotatable bonds is 8. The molecule has 0 saturated heterocycles. The molecule has 3 heterocycles. The number of thioether (sulfide) groups is 1. The van der Waals surface area contributed by atoms with Crippen molar-refractivity contribution in [3.63, 3.8) is 0 Å². The van der Waals surface area contributed by atoms with Gasteiger partial charge in [0, 0.05) is 17.6 Å². The lowest BCUT2D eigenvalue weighted by Crippen LogP contribution is -2.24. The monoisotopic (exact) mass is 462 g/mol. The highest BCUT2D eigenvalue weighted by molar-refractivity contribution is 8.00. The number of aromatic nitrogens is 3. The molecule has 1 aliphatic carbocycles. The van der Waals surface area contributed by atoms with Crippen molar-refractivity contribution < 1.29 is 4.79 Å². The van der Waals surface area contributed by atoms with Crippen LogP contribution in [0.15, 0.2) is 41.7 Å². The number of fused-ring (bicyclic) bond motifs is 5. The highest BCUT2D eigenvalue weighted by Crippen LogP contribution is 2.42. The molecule has 4 aromatic rings. The third-order valence-corrected chi connectivity index (χ3v) is 8.16. The number of carbonyl (C=O) groups excluding carboxylic acids is 1. The fourth-order valence-electron chi connectivity index (χ4n) is 4.39. The van der Waals surface area contributed by atoms with E-state index in [0.717, 1.165) is 44.9 Å². The second-order valence-corrected chi connectivity index (χ2v) is 10.1. The van der Waals surface area contributed by atoms with Gasteiger partial charge in [0.1, 0.15) is 16.2 Å². The van der Waals surface area contributed by atoms with Crippen molar-refractivity contribution in [1.82, 2.24) is 20.3 Å². The molecule has 0 atom stereocenters. The summed E-state index contributed by atoms with van der Waals surface area (Å²) < 4.78 is 1.05. The number of hydrogen-bond donors (Lipinski definition) is 1. The predicted octanol–water partition coefficient (Wildman–Crippen LogP) is 5.48. The number of hydrogen-bond acceptors (Lipinski definition) is 6. The van der Waals surface area contributed by atoms with E-state index in [0.29, 0.717) is 12.3 Å². The van der Waals surface area contributed by atoms with Gasteiger partial charge in [0.15, 0.2) is 0 Å². The molecule has 5 nitrogen and oxygen atoms in total. The maximum absolute atomic E-state index is 12.4. The van der Waals surface area contributed by atoms with Crippen LogP contribution in [0, 0.1) is 0 Å². The van der Waals surface area contributed by atoms with Crippen LogP contribution in [0.4, 0.5) is 0 Å². The summed E-state index contributed by atoms with van der Waals surface area (Å²) in [5.41, 5.74) is 6.28. The number of pyridine rings is 1. The first kappa shape index (κ1) is 21.3. The maximum atomic E-state index is 12.4. The summed E-state index contributed by atoms with van der Waals surface area (Å²) in [5, 5.41) is 5.08. The Balaban J connectivity index is 1.40. The quantitative estimate of drug-likeness (QED) is 0.277. The largest absolute Gasteiger partial charge is 0.351 e. The lowest BCUT2D eigenvalue weighted by atomic mass is 10.0. The van der Waals surface area contributed by atoms with E-state index in [2.05, 4.69) is 22.2 Å². The molecular weight excluding hydrogens is 436 g/mol. The summed E-state index contributed by atoms with van der Waals surface area (Å²) in [7, 11) is 0. The SMILES string of the molecule is CCCCc1nc2sc3c(SCC(=O)NCc4ccccc4)ncnc3c2c2c1CCC2. The van der Waals surface area contributed by atoms with Gasteiger partial charge >= 0.3 is 0 Å². The van der Waals surface area contributed by atoms with Gasteiger partial charge in [-0.15, -0.1) is 11.3 Å². The Morgan fingerprint density at radius 1 is 1.16 bits per heavy atom. The van der Waals surface area contributed by atoms with E-state index in [9.17, 15) is 4.79 Å². The minimum absolute atomic E-state index is 0.00703. The van der Waals surface area contributed by atoms with Crippen LogP contribution in [0.2, 0.25) is 0 Å². The lowest BCUT2D eigenvalue weighted by Gasteiger charge is -2.08. The smallest absolute Gasteiger partial charge is 0.230 e. The van der Waals surface area contributed by atoms with Crippen LogP contribution in [0.5, 0.6) is 0 Å². The maximum Gasteiger partial charge on any atom is 0.230 e. The molecule has 1 amide bonds. The minimum Gasteiger partial charge on any atom is -0.351 e. The van der Waals surface area contributed by atoms with Crippen molar-refractivity contribution in [2.75, 3.05) is 5.75 Å². The number of nitrogens with one attached hydrogen (secondary N) is 1. The Bertz CT molecular complexity index is 1270. The van der Waals surface area contributed by atoms with Gasteiger partial charge in [-0.25, -0.2) is 15.0 Å². The third-order valence-electron chi connectivity index (χ3n) is 5.96. The third kappa shape index (κ3) is 4.24. The Labute approximate surface area is 196 Å². The van der Waals surface area contributed by atoms with Gasteiger partial charge < -0.3 is 5.32 Å². The van der Waals surface area contributed by atoms with Crippen molar-refractivity contribution in [2.45, 2.75) is 57.0 Å². The zero-order valence-corrected chi connectivity index (χ0v) is 19.8. The van der Waals surface area contributed by atoms with Crippen molar-refractivity contribution in [2.24, 2.45) is 0 Å². The first-order chi connectivity index (χ1) is 15.7. The highest BCUT2D eigenvalue weighted by atomic mass is 32.2. The van der Waals surface area contributed by atoms with Gasteiger partial charge in [0.2, 0.25) is 5.91 Å². The van der Waals surface area contributed by atoms with E-state index >= 15 is 0 Å². The second-order valence-electron chi connectivity index (χ2n) is 8.16. The number of unbranched alkanes of at least 4 members (excludes halogenated alkanes) is 1. The van der Waals surface area contributed by atoms with Crippen LogP contribution in [0.1, 0.15) is 48.6 Å². The summed E-state index contributed by atoms with van der Waals surface area (Å²) in [4.78, 5) is 27.7. The molecule has 1 aromatic carbocycles. The Hall–Kier alpha value is -2.51. The van der Waals surface area contributed by atoms with Gasteiger partial charge in [-0.3, -0.25) is 4.79 Å². The summed E-state index contributed by atoms with van der Waals surface area (Å²) in [5.74, 6) is 0.341. The average Bonchev–Trinajstić information content (AvgIpc) is 3.45. The first-order valence-electron chi connectivity index (χ1n) is 11.3. The van der Waals surface area contributed by atoms with E-state index in [4.69, 9.17) is 4.98 Å². The molecule has 164 valence electrons. The molecule has 0 unspecified atom stereocenters. The number of aryl methyl sites for hydroxylation is 2. The molecule has 32 heavy (non-hydrogen) atoms. The number of benzene rings is 1. The normalized spacial score (nSPS) is 13.0. The molecule has 0 saturated carbocycles. The summed E-state index contributed by atoms with van der Waals surface area (Å²) in [6, 6.07) is 9.96. The molecule has 0 spiro atoms. The second kappa shape index (κ2) is 9.55. The molecule has 1 aliphatic rings. The fourth-order valence-corrected chi connectivity index (χ4v) is 6.47. The Kier molecular flexibility index (Phi) is 6.37. The zero-order chi connectivity index (χ0) is 21.9. The predicted molar refractivity (Wildman–Crippen MR) is 132 cm³/mol. The van der Waals surface area contributed by atoms with Crippen LogP contribution in [-0.4, -0.2) is 26.6 Å². The zero-order valence-electron chi connectivity index (χ0n) is 18.2. The van der Waals surface area contributed by atoms with Crippen LogP contribution in [0.25, 0.3) is 20.4 Å². The van der Waals surface area contributed by atoms with E-state index < -0.39 is 0 Å². The molecule has 7 heteroatoms. The van der Waals surface area contributed by atoms with Crippen molar-refractivity contribution in [1.29, 1.82) is 0 Å². The summed E-state index contributed by atoms with van der Waals surface area (Å²) in [6.45, 7) is 2.77. The van der Waals surface area contributed by atoms with E-state index in [1.54, 1.807) is 17.7 Å². The topological polar surface area (TPSA) is 67.8 Å². The van der Waals surface area contributed by atoms with E-state index in [1.807, 2.05) is 30.3 Å². The van der Waals surface area contributed by atoms with Crippen LogP contribution in [-0.2, 0) is 30.6 Å². The van der Waals surface area contributed by atoms with Crippen molar-refractivity contribution in [3.05, 3.63) is 59.0 Å². The highest BCUT2D eigenvalue weighted by Gasteiger charge is 2.24. The molecular formula is C25H26N4OS2. The van der Waals surface area contributed by atoms with Gasteiger partial charge in [0.05, 0.1) is 16.0 Å². The average molecular weight is 463 g/mol. The van der Waals surface area contributed by atoms with Crippen LogP contribution in [0.3, 0.4) is 0 Å². The van der Waals surface area contributed by atoms with Gasteiger partial charge in [-0.2, -0.15) is 0 Å². The molecule has 0 fully saturated rings. The molecule has 3 aromatic heterocycles. The molecule has 0 bridgehead atoms. The Morgan fingerprint density at radius 2 is 2.00 bits per heavy atom. The number of nitrogens with zero attached hydrogens (tertiary/aromatic N) is 3. The molecule has 0 radical (unpaired) electrons. The Morgan fingerprint density at radius 3 is 2.84 bits per heavy atom. The van der Waals surface area contributed by atoms with Crippen LogP contribution >= 0.6 is 23.1 Å². The van der Waals surface area contributed by atoms with E-state index in [1.165, 1.54) is 53.2 Å². The summed E-state index contributed by atoms with van der Waals surface area (Å²) in [6.07, 6.45) is 8.47. The van der Waals surface area contributed by atoms with Crippen LogP contribution < -0.4 is 5.32 Å². The van der Waals surface area contributed by atoms with Gasteiger partial charge in [-0.05, 0) is 48.8 Å². The minimum atomic E-state index is 0.00703. The number of carbonyl (C=O) groups is 1. The first-order valence-corrected chi connectivity index (χ1v) is 13.1. The number of thiophene rings is 1. The molecule has 1 N–H and O–H groups in total. The molecule has 5 rings (SSSR count). The molecule has 0 aliphatic heterocycles. The summed E-state index contributed by atoms with van der Waals surface area (Å²) >= 11 is 3.15. The standard InChI is InChI=1S/C25H26N4OS2/c1-2-3-12-19-17-10-7-11-18(17)21-22-23(32-24(21)29-19)25(28-15-27-22)31-14-20(30)26-13-16-8-5-4-6-9-16/h4-6,8-9,15H,2-3,7,10-14H2,1H3,(H,26,30). The number of amides is 1. The fraction of sp³-hybridized carbons (Fsp3) is 0.360. The van der Waals surface area contributed by atoms with Gasteiger partial charge in [0.25, 0.3) is 0 Å². The van der Waals surface area contributed by atoms with E-state index in [-0.39, 0.29) is 5.91 Å². The van der Waals surface area contributed by atoms with Gasteiger partial charge in [-0.1, -0.05) is 55.4 Å².